The summed E-state index contributed by atoms with van der Waals surface area (Å²) in [4.78, 5) is 16.5. The highest BCUT2D eigenvalue weighted by atomic mass is 32.2. The third-order valence-electron chi connectivity index (χ3n) is 4.23. The van der Waals surface area contributed by atoms with E-state index in [1.165, 1.54) is 18.3 Å². The number of carbonyl (C=O) groups is 1. The van der Waals surface area contributed by atoms with Gasteiger partial charge in [0.2, 0.25) is 0 Å². The molecule has 2 aromatic carbocycles. The van der Waals surface area contributed by atoms with Gasteiger partial charge in [-0.1, -0.05) is 24.3 Å². The number of H-pyrrole nitrogens is 1. The number of nitrogens with one attached hydrogen (secondary N) is 1. The lowest BCUT2D eigenvalue weighted by Gasteiger charge is -2.11. The van der Waals surface area contributed by atoms with E-state index in [-0.39, 0.29) is 6.61 Å². The highest BCUT2D eigenvalue weighted by Crippen LogP contribution is 2.37. The number of alkyl halides is 3. The lowest BCUT2D eigenvalue weighted by atomic mass is 9.97. The molecule has 3 rings (SSSR count). The maximum Gasteiger partial charge on any atom is 0.416 e. The number of ether oxygens (including phenoxy) is 1. The Balaban J connectivity index is 2.15. The van der Waals surface area contributed by atoms with Crippen molar-refractivity contribution in [2.75, 3.05) is 12.9 Å². The molecule has 0 saturated carbocycles. The summed E-state index contributed by atoms with van der Waals surface area (Å²) in [6.45, 7) is 1.94. The van der Waals surface area contributed by atoms with Gasteiger partial charge in [-0.15, -0.1) is 11.8 Å². The summed E-state index contributed by atoms with van der Waals surface area (Å²) in [5.74, 6) is -0.485. The third-order valence-corrected chi connectivity index (χ3v) is 4.96. The van der Waals surface area contributed by atoms with E-state index in [1.54, 1.807) is 18.7 Å². The summed E-state index contributed by atoms with van der Waals surface area (Å²) in [7, 11) is 0. The van der Waals surface area contributed by atoms with Crippen LogP contribution in [0.2, 0.25) is 0 Å². The van der Waals surface area contributed by atoms with E-state index < -0.39 is 17.7 Å². The second kappa shape index (κ2) is 8.14. The average molecular weight is 405 g/mol. The Kier molecular flexibility index (Phi) is 5.84. The number of carbonyl (C=O) groups excluding carboxylic acids is 1. The van der Waals surface area contributed by atoms with Crippen LogP contribution in [0.5, 0.6) is 0 Å². The van der Waals surface area contributed by atoms with Crippen LogP contribution in [0.25, 0.3) is 22.4 Å². The van der Waals surface area contributed by atoms with Crippen LogP contribution in [0.3, 0.4) is 0 Å². The molecule has 1 aromatic heterocycles. The third kappa shape index (κ3) is 4.09. The van der Waals surface area contributed by atoms with Crippen molar-refractivity contribution in [3.05, 3.63) is 65.9 Å². The number of esters is 1. The van der Waals surface area contributed by atoms with Crippen LogP contribution in [0.4, 0.5) is 13.2 Å². The molecule has 0 radical (unpaired) electrons. The molecule has 0 spiro atoms. The van der Waals surface area contributed by atoms with E-state index in [0.717, 1.165) is 22.6 Å². The van der Waals surface area contributed by atoms with Crippen molar-refractivity contribution in [1.29, 1.82) is 0 Å². The van der Waals surface area contributed by atoms with Crippen molar-refractivity contribution in [3.63, 3.8) is 0 Å². The Morgan fingerprint density at radius 3 is 2.43 bits per heavy atom. The molecular formula is C21H18F3NO2S. The van der Waals surface area contributed by atoms with Gasteiger partial charge in [-0.3, -0.25) is 0 Å². The number of rotatable bonds is 5. The van der Waals surface area contributed by atoms with Crippen LogP contribution < -0.4 is 0 Å². The Bertz CT molecular complexity index is 978. The number of hydrogen-bond acceptors (Lipinski definition) is 3. The Morgan fingerprint density at radius 2 is 1.82 bits per heavy atom. The van der Waals surface area contributed by atoms with Gasteiger partial charge >= 0.3 is 12.1 Å². The summed E-state index contributed by atoms with van der Waals surface area (Å²) in [5.41, 5.74) is 2.12. The average Bonchev–Trinajstić information content (AvgIpc) is 3.13. The fourth-order valence-corrected chi connectivity index (χ4v) is 3.38. The zero-order valence-electron chi connectivity index (χ0n) is 15.3. The number of thioether (sulfide) groups is 1. The predicted molar refractivity (Wildman–Crippen MR) is 104 cm³/mol. The molecule has 1 N–H and O–H groups in total. The van der Waals surface area contributed by atoms with Gasteiger partial charge in [0.05, 0.1) is 23.4 Å². The van der Waals surface area contributed by atoms with Crippen molar-refractivity contribution < 1.29 is 22.7 Å². The minimum atomic E-state index is -4.40. The summed E-state index contributed by atoms with van der Waals surface area (Å²) < 4.78 is 43.8. The SMILES string of the molecule is CCOC(=O)c1c[nH]c(-c2ccc(C(F)(F)F)cc2)c1-c1cccc(SC)c1. The van der Waals surface area contributed by atoms with Gasteiger partial charge in [-0.05, 0) is 48.6 Å². The molecule has 1 heterocycles. The largest absolute Gasteiger partial charge is 0.462 e. The van der Waals surface area contributed by atoms with Crippen molar-refractivity contribution in [2.45, 2.75) is 18.0 Å². The molecule has 0 fully saturated rings. The first kappa shape index (κ1) is 20.1. The molecule has 0 aliphatic heterocycles. The van der Waals surface area contributed by atoms with Crippen LogP contribution in [-0.4, -0.2) is 23.8 Å². The normalized spacial score (nSPS) is 11.5. The number of hydrogen-bond donors (Lipinski definition) is 1. The van der Waals surface area contributed by atoms with E-state index in [2.05, 4.69) is 4.98 Å². The van der Waals surface area contributed by atoms with E-state index in [9.17, 15) is 18.0 Å². The minimum Gasteiger partial charge on any atom is -0.462 e. The summed E-state index contributed by atoms with van der Waals surface area (Å²) in [5, 5.41) is 0. The Labute approximate surface area is 164 Å². The first-order chi connectivity index (χ1) is 13.3. The van der Waals surface area contributed by atoms with Crippen LogP contribution in [-0.2, 0) is 10.9 Å². The summed E-state index contributed by atoms with van der Waals surface area (Å²) in [6.07, 6.45) is -0.925. The standard InChI is InChI=1S/C21H18F3NO2S/c1-3-27-20(26)17-12-25-19(13-7-9-15(10-8-13)21(22,23)24)18(17)14-5-4-6-16(11-14)28-2/h4-12,25H,3H2,1-2H3. The molecule has 3 nitrogen and oxygen atoms in total. The van der Waals surface area contributed by atoms with Gasteiger partial charge in [0.25, 0.3) is 0 Å². The van der Waals surface area contributed by atoms with Gasteiger partial charge < -0.3 is 9.72 Å². The smallest absolute Gasteiger partial charge is 0.416 e. The second-order valence-electron chi connectivity index (χ2n) is 5.98. The topological polar surface area (TPSA) is 42.1 Å². The molecule has 0 saturated heterocycles. The van der Waals surface area contributed by atoms with Gasteiger partial charge in [0.1, 0.15) is 0 Å². The molecular weight excluding hydrogens is 387 g/mol. The maximum atomic E-state index is 12.9. The number of aromatic nitrogens is 1. The van der Waals surface area contributed by atoms with Gasteiger partial charge in [-0.2, -0.15) is 13.2 Å². The summed E-state index contributed by atoms with van der Waals surface area (Å²) >= 11 is 1.56. The molecule has 0 aliphatic rings. The van der Waals surface area contributed by atoms with E-state index >= 15 is 0 Å². The van der Waals surface area contributed by atoms with E-state index in [1.807, 2.05) is 30.5 Å². The highest BCUT2D eigenvalue weighted by molar-refractivity contribution is 7.98. The summed E-state index contributed by atoms with van der Waals surface area (Å²) in [6, 6.07) is 12.5. The Morgan fingerprint density at radius 1 is 1.11 bits per heavy atom. The second-order valence-corrected chi connectivity index (χ2v) is 6.86. The molecule has 146 valence electrons. The zero-order valence-corrected chi connectivity index (χ0v) is 16.1. The van der Waals surface area contributed by atoms with Crippen molar-refractivity contribution in [1.82, 2.24) is 4.98 Å². The van der Waals surface area contributed by atoms with Crippen LogP contribution in [0.15, 0.2) is 59.6 Å². The molecule has 28 heavy (non-hydrogen) atoms. The monoisotopic (exact) mass is 405 g/mol. The number of aromatic amines is 1. The van der Waals surface area contributed by atoms with Crippen LogP contribution in [0, 0.1) is 0 Å². The van der Waals surface area contributed by atoms with Crippen molar-refractivity contribution in [2.24, 2.45) is 0 Å². The van der Waals surface area contributed by atoms with E-state index in [4.69, 9.17) is 4.74 Å². The molecule has 0 unspecified atom stereocenters. The fraction of sp³-hybridized carbons (Fsp3) is 0.190. The first-order valence-corrected chi connectivity index (χ1v) is 9.78. The lowest BCUT2D eigenvalue weighted by Crippen LogP contribution is -2.05. The van der Waals surface area contributed by atoms with Gasteiger partial charge in [-0.25, -0.2) is 4.79 Å². The Hall–Kier alpha value is -2.67. The van der Waals surface area contributed by atoms with Crippen LogP contribution in [0.1, 0.15) is 22.8 Å². The van der Waals surface area contributed by atoms with E-state index in [0.29, 0.717) is 22.4 Å². The van der Waals surface area contributed by atoms with Crippen molar-refractivity contribution >= 4 is 17.7 Å². The predicted octanol–water partition coefficient (Wildman–Crippen LogP) is 6.27. The number of halogens is 3. The van der Waals surface area contributed by atoms with Gasteiger partial charge in [0, 0.05) is 16.7 Å². The molecule has 0 bridgehead atoms. The quantitative estimate of drug-likeness (QED) is 0.402. The molecule has 0 aliphatic carbocycles. The van der Waals surface area contributed by atoms with Crippen LogP contribution >= 0.6 is 11.8 Å². The zero-order chi connectivity index (χ0) is 20.3. The maximum absolute atomic E-state index is 12.9. The fourth-order valence-electron chi connectivity index (χ4n) is 2.93. The van der Waals surface area contributed by atoms with Crippen molar-refractivity contribution in [3.8, 4) is 22.4 Å². The lowest BCUT2D eigenvalue weighted by molar-refractivity contribution is -0.137. The number of benzene rings is 2. The molecule has 3 aromatic rings. The molecule has 0 amide bonds. The molecule has 0 atom stereocenters. The van der Waals surface area contributed by atoms with Gasteiger partial charge in [0.15, 0.2) is 0 Å². The minimum absolute atomic E-state index is 0.226. The molecule has 7 heteroatoms. The first-order valence-electron chi connectivity index (χ1n) is 8.55. The highest BCUT2D eigenvalue weighted by Gasteiger charge is 2.30.